The van der Waals surface area contributed by atoms with Crippen molar-refractivity contribution in [2.75, 3.05) is 13.1 Å². The van der Waals surface area contributed by atoms with Crippen LogP contribution < -0.4 is 5.32 Å². The van der Waals surface area contributed by atoms with E-state index < -0.39 is 0 Å². The highest BCUT2D eigenvalue weighted by Crippen LogP contribution is 2.32. The maximum atomic E-state index is 6.27. The summed E-state index contributed by atoms with van der Waals surface area (Å²) in [5.74, 6) is 0.651. The number of nitrogens with zero attached hydrogens (tertiary/aromatic N) is 3. The molecule has 3 aromatic rings. The second-order valence-electron chi connectivity index (χ2n) is 7.22. The van der Waals surface area contributed by atoms with Crippen molar-refractivity contribution in [1.29, 1.82) is 0 Å². The van der Waals surface area contributed by atoms with E-state index in [1.54, 1.807) is 0 Å². The summed E-state index contributed by atoms with van der Waals surface area (Å²) in [6.07, 6.45) is 7.52. The second kappa shape index (κ2) is 9.22. The summed E-state index contributed by atoms with van der Waals surface area (Å²) in [4.78, 5) is 9.33. The van der Waals surface area contributed by atoms with Crippen molar-refractivity contribution in [1.82, 2.24) is 19.7 Å². The van der Waals surface area contributed by atoms with Crippen LogP contribution in [-0.4, -0.2) is 39.7 Å². The molecule has 1 N–H and O–H groups in total. The molecule has 2 aliphatic rings. The van der Waals surface area contributed by atoms with Crippen molar-refractivity contribution in [3.05, 3.63) is 53.4 Å². The first-order chi connectivity index (χ1) is 12.8. The Morgan fingerprint density at radius 2 is 2.11 bits per heavy atom. The summed E-state index contributed by atoms with van der Waals surface area (Å²) in [5, 5.41) is 4.16. The highest BCUT2D eigenvalue weighted by molar-refractivity contribution is 8.93. The molecule has 5 nitrogen and oxygen atoms in total. The number of nitrogens with one attached hydrogen (secondary N) is 1. The van der Waals surface area contributed by atoms with Crippen LogP contribution in [0, 0.1) is 5.92 Å². The van der Waals surface area contributed by atoms with E-state index in [0.717, 1.165) is 55.1 Å². The molecule has 0 bridgehead atoms. The molecule has 5 rings (SSSR count). The van der Waals surface area contributed by atoms with Gasteiger partial charge in [-0.25, -0.2) is 4.98 Å². The fourth-order valence-corrected chi connectivity index (χ4v) is 4.36. The van der Waals surface area contributed by atoms with Crippen LogP contribution in [0.25, 0.3) is 17.0 Å². The number of aromatic nitrogens is 3. The van der Waals surface area contributed by atoms with Gasteiger partial charge in [-0.3, -0.25) is 9.38 Å². The van der Waals surface area contributed by atoms with E-state index in [4.69, 9.17) is 21.3 Å². The van der Waals surface area contributed by atoms with Crippen LogP contribution in [-0.2, 0) is 11.2 Å². The number of piperidine rings is 1. The zero-order valence-corrected chi connectivity index (χ0v) is 19.4. The molecule has 0 aliphatic carbocycles. The summed E-state index contributed by atoms with van der Waals surface area (Å²) < 4.78 is 8.26. The highest BCUT2D eigenvalue weighted by Gasteiger charge is 2.36. The summed E-state index contributed by atoms with van der Waals surface area (Å²) in [6, 6.07) is 9.93. The normalized spacial score (nSPS) is 23.7. The smallest absolute Gasteiger partial charge is 0.137 e. The topological polar surface area (TPSA) is 51.5 Å². The van der Waals surface area contributed by atoms with Gasteiger partial charge in [-0.1, -0.05) is 17.7 Å². The Hall–Kier alpha value is -0.990. The zero-order valence-electron chi connectivity index (χ0n) is 15.3. The molecule has 2 fully saturated rings. The Balaban J connectivity index is 0.00000112. The molecule has 2 saturated heterocycles. The molecule has 3 atom stereocenters. The molecule has 28 heavy (non-hydrogen) atoms. The van der Waals surface area contributed by atoms with Crippen molar-refractivity contribution in [3.8, 4) is 11.4 Å². The monoisotopic (exact) mass is 528 g/mol. The number of rotatable bonds is 3. The van der Waals surface area contributed by atoms with Gasteiger partial charge in [0.05, 0.1) is 34.8 Å². The molecular formula is C20H23Br2ClN4O. The van der Waals surface area contributed by atoms with E-state index in [9.17, 15) is 0 Å². The molecule has 0 radical (unpaired) electrons. The van der Waals surface area contributed by atoms with Crippen molar-refractivity contribution in [2.45, 2.75) is 31.5 Å². The second-order valence-corrected chi connectivity index (χ2v) is 7.66. The number of hydrogen-bond donors (Lipinski definition) is 1. The minimum atomic E-state index is 0. The van der Waals surface area contributed by atoms with Gasteiger partial charge in [0.2, 0.25) is 0 Å². The molecule has 0 spiro atoms. The van der Waals surface area contributed by atoms with E-state index in [1.807, 2.05) is 35.0 Å². The number of halogens is 3. The standard InChI is InChI=1S/C20H21ClN4O.2BrH/c21-14-4-5-20-23-11-18(25(20)12-14)17-3-1-2-15(24-17)9-16-8-13-10-22-7-6-19(13)26-16;;/h1-5,11-13,16,19,22H,6-10H2;2*1H. The third-order valence-electron chi connectivity index (χ3n) is 5.45. The number of ether oxygens (including phenoxy) is 1. The van der Waals surface area contributed by atoms with E-state index in [1.165, 1.54) is 0 Å². The van der Waals surface area contributed by atoms with Crippen molar-refractivity contribution < 1.29 is 4.74 Å². The van der Waals surface area contributed by atoms with E-state index in [0.29, 0.717) is 17.0 Å². The van der Waals surface area contributed by atoms with Gasteiger partial charge in [0.25, 0.3) is 0 Å². The third kappa shape index (κ3) is 4.28. The summed E-state index contributed by atoms with van der Waals surface area (Å²) in [7, 11) is 0. The minimum Gasteiger partial charge on any atom is -0.374 e. The van der Waals surface area contributed by atoms with Crippen LogP contribution in [0.3, 0.4) is 0 Å². The van der Waals surface area contributed by atoms with Crippen molar-refractivity contribution >= 4 is 51.2 Å². The lowest BCUT2D eigenvalue weighted by Crippen LogP contribution is -2.37. The molecule has 3 unspecified atom stereocenters. The summed E-state index contributed by atoms with van der Waals surface area (Å²) >= 11 is 6.15. The Labute approximate surface area is 190 Å². The van der Waals surface area contributed by atoms with Crippen LogP contribution >= 0.6 is 45.6 Å². The quantitative estimate of drug-likeness (QED) is 0.541. The molecule has 0 aromatic carbocycles. The first-order valence-corrected chi connectivity index (χ1v) is 9.59. The van der Waals surface area contributed by atoms with Gasteiger partial charge in [0.1, 0.15) is 5.65 Å². The molecule has 0 amide bonds. The predicted octanol–water partition coefficient (Wildman–Crippen LogP) is 4.52. The molecule has 2 aliphatic heterocycles. The van der Waals surface area contributed by atoms with Crippen LogP contribution in [0.5, 0.6) is 0 Å². The first kappa shape index (κ1) is 21.7. The van der Waals surface area contributed by atoms with E-state index >= 15 is 0 Å². The van der Waals surface area contributed by atoms with Crippen LogP contribution in [0.1, 0.15) is 18.5 Å². The van der Waals surface area contributed by atoms with Crippen LogP contribution in [0.15, 0.2) is 42.7 Å². The van der Waals surface area contributed by atoms with Gasteiger partial charge < -0.3 is 10.1 Å². The minimum absolute atomic E-state index is 0. The predicted molar refractivity (Wildman–Crippen MR) is 122 cm³/mol. The third-order valence-corrected chi connectivity index (χ3v) is 5.67. The van der Waals surface area contributed by atoms with Gasteiger partial charge in [-0.05, 0) is 43.7 Å². The first-order valence-electron chi connectivity index (χ1n) is 9.21. The van der Waals surface area contributed by atoms with Crippen LogP contribution in [0.2, 0.25) is 5.02 Å². The lowest BCUT2D eigenvalue weighted by atomic mass is 9.93. The van der Waals surface area contributed by atoms with Crippen molar-refractivity contribution in [3.63, 3.8) is 0 Å². The average Bonchev–Trinajstić information content (AvgIpc) is 3.24. The zero-order chi connectivity index (χ0) is 17.5. The Morgan fingerprint density at radius 3 is 2.96 bits per heavy atom. The lowest BCUT2D eigenvalue weighted by Gasteiger charge is -2.24. The largest absolute Gasteiger partial charge is 0.374 e. The Kier molecular flexibility index (Phi) is 7.15. The SMILES string of the molecule is Br.Br.Clc1ccc2ncc(-c3cccc(CC4CC5CNCCC5O4)n3)n2c1. The number of pyridine rings is 2. The number of hydrogen-bond acceptors (Lipinski definition) is 4. The molecular weight excluding hydrogens is 508 g/mol. The maximum Gasteiger partial charge on any atom is 0.137 e. The Bertz CT molecular complexity index is 937. The van der Waals surface area contributed by atoms with Crippen molar-refractivity contribution in [2.24, 2.45) is 5.92 Å². The fourth-order valence-electron chi connectivity index (χ4n) is 4.20. The summed E-state index contributed by atoms with van der Waals surface area (Å²) in [5.41, 5.74) is 3.80. The number of fused-ring (bicyclic) bond motifs is 2. The van der Waals surface area contributed by atoms with Gasteiger partial charge >= 0.3 is 0 Å². The average molecular weight is 531 g/mol. The maximum absolute atomic E-state index is 6.27. The van der Waals surface area contributed by atoms with Gasteiger partial charge in [-0.2, -0.15) is 0 Å². The molecule has 150 valence electrons. The van der Waals surface area contributed by atoms with Crippen LogP contribution in [0.4, 0.5) is 0 Å². The van der Waals surface area contributed by atoms with Gasteiger partial charge in [0.15, 0.2) is 0 Å². The van der Waals surface area contributed by atoms with Gasteiger partial charge in [-0.15, -0.1) is 34.0 Å². The fraction of sp³-hybridized carbons (Fsp3) is 0.400. The summed E-state index contributed by atoms with van der Waals surface area (Å²) in [6.45, 7) is 2.15. The highest BCUT2D eigenvalue weighted by atomic mass is 79.9. The molecule has 0 saturated carbocycles. The Morgan fingerprint density at radius 1 is 1.21 bits per heavy atom. The number of imidazole rings is 1. The van der Waals surface area contributed by atoms with Gasteiger partial charge in [0, 0.05) is 30.8 Å². The molecule has 8 heteroatoms. The lowest BCUT2D eigenvalue weighted by molar-refractivity contribution is 0.0228. The molecule has 5 heterocycles. The molecule has 3 aromatic heterocycles. The van der Waals surface area contributed by atoms with E-state index in [-0.39, 0.29) is 40.1 Å². The van der Waals surface area contributed by atoms with E-state index in [2.05, 4.69) is 22.4 Å².